The van der Waals surface area contributed by atoms with E-state index < -0.39 is 6.43 Å². The molecule has 3 nitrogen and oxygen atoms in total. The van der Waals surface area contributed by atoms with Crippen LogP contribution in [0.4, 0.5) is 14.5 Å². The monoisotopic (exact) mass is 277 g/mol. The van der Waals surface area contributed by atoms with Crippen LogP contribution >= 0.6 is 0 Å². The normalized spacial score (nSPS) is 19.8. The van der Waals surface area contributed by atoms with Gasteiger partial charge in [0.15, 0.2) is 0 Å². The Morgan fingerprint density at radius 2 is 1.95 bits per heavy atom. The third kappa shape index (κ3) is 2.32. The first-order valence-electron chi connectivity index (χ1n) is 6.93. The molecule has 0 saturated carbocycles. The van der Waals surface area contributed by atoms with Crippen LogP contribution < -0.4 is 4.90 Å². The van der Waals surface area contributed by atoms with Gasteiger partial charge in [-0.25, -0.2) is 8.78 Å². The molecule has 106 valence electrons. The van der Waals surface area contributed by atoms with Crippen LogP contribution in [0.3, 0.4) is 0 Å². The molecule has 0 aliphatic carbocycles. The molecule has 1 fully saturated rings. The van der Waals surface area contributed by atoms with Gasteiger partial charge in [-0.1, -0.05) is 6.92 Å². The van der Waals surface area contributed by atoms with E-state index in [0.29, 0.717) is 17.0 Å². The molecule has 0 amide bonds. The van der Waals surface area contributed by atoms with Crippen LogP contribution in [0.5, 0.6) is 0 Å². The fourth-order valence-corrected chi connectivity index (χ4v) is 2.90. The number of fused-ring (bicyclic) bond motifs is 1. The Hall–Kier alpha value is -1.78. The Labute approximate surface area is 116 Å². The maximum absolute atomic E-state index is 13.1. The summed E-state index contributed by atoms with van der Waals surface area (Å²) in [5.74, 6) is 0.616. The highest BCUT2D eigenvalue weighted by Gasteiger charge is 2.21. The Kier molecular flexibility index (Phi) is 3.51. The van der Waals surface area contributed by atoms with Gasteiger partial charge in [-0.15, -0.1) is 0 Å². The molecule has 1 saturated heterocycles. The summed E-state index contributed by atoms with van der Waals surface area (Å²) in [5, 5.41) is 0. The van der Waals surface area contributed by atoms with Crippen molar-refractivity contribution >= 4 is 16.7 Å². The zero-order chi connectivity index (χ0) is 14.1. The predicted octanol–water partition coefficient (Wildman–Crippen LogP) is 3.80. The first kappa shape index (κ1) is 13.2. The fraction of sp³-hybridized carbons (Fsp3) is 0.467. The maximum atomic E-state index is 13.1. The highest BCUT2D eigenvalue weighted by Crippen LogP contribution is 2.33. The van der Waals surface area contributed by atoms with Crippen LogP contribution in [-0.2, 0) is 0 Å². The summed E-state index contributed by atoms with van der Waals surface area (Å²) in [6, 6.07) is 3.24. The van der Waals surface area contributed by atoms with Crippen molar-refractivity contribution in [3.05, 3.63) is 30.1 Å². The van der Waals surface area contributed by atoms with Crippen molar-refractivity contribution in [3.63, 3.8) is 0 Å². The smallest absolute Gasteiger partial charge is 0.266 e. The molecule has 5 heteroatoms. The zero-order valence-electron chi connectivity index (χ0n) is 11.4. The lowest BCUT2D eigenvalue weighted by atomic mass is 9.99. The Morgan fingerprint density at radius 3 is 2.65 bits per heavy atom. The Morgan fingerprint density at radius 1 is 1.20 bits per heavy atom. The van der Waals surface area contributed by atoms with Crippen LogP contribution in [0.15, 0.2) is 24.5 Å². The van der Waals surface area contributed by atoms with Gasteiger partial charge in [-0.2, -0.15) is 0 Å². The van der Waals surface area contributed by atoms with E-state index in [1.807, 2.05) is 0 Å². The standard InChI is InChI=1S/C15H17F2N3/c1-10-3-2-8-20(9-10)12-5-4-11(15(16)17)13-14(12)19-7-6-18-13/h4-7,10,15H,2-3,8-9H2,1H3. The van der Waals surface area contributed by atoms with E-state index in [4.69, 9.17) is 0 Å². The zero-order valence-corrected chi connectivity index (χ0v) is 11.4. The Bertz CT molecular complexity index is 615. The number of halogens is 2. The van der Waals surface area contributed by atoms with E-state index >= 15 is 0 Å². The Balaban J connectivity index is 2.10. The number of alkyl halides is 2. The number of hydrogen-bond donors (Lipinski definition) is 0. The van der Waals surface area contributed by atoms with Crippen molar-refractivity contribution < 1.29 is 8.78 Å². The molecule has 3 rings (SSSR count). The molecular weight excluding hydrogens is 260 g/mol. The van der Waals surface area contributed by atoms with Crippen LogP contribution in [0, 0.1) is 5.92 Å². The predicted molar refractivity (Wildman–Crippen MR) is 75.1 cm³/mol. The average molecular weight is 277 g/mol. The number of piperidine rings is 1. The van der Waals surface area contributed by atoms with Gasteiger partial charge in [0.05, 0.1) is 11.2 Å². The van der Waals surface area contributed by atoms with Gasteiger partial charge in [-0.05, 0) is 30.9 Å². The molecule has 1 aromatic heterocycles. The van der Waals surface area contributed by atoms with Crippen LogP contribution in [0.1, 0.15) is 31.8 Å². The number of nitrogens with zero attached hydrogens (tertiary/aromatic N) is 3. The molecule has 2 aromatic rings. The SMILES string of the molecule is CC1CCCN(c2ccc(C(F)F)c3nccnc23)C1. The first-order valence-corrected chi connectivity index (χ1v) is 6.93. The number of benzene rings is 1. The molecule has 1 aromatic carbocycles. The molecule has 20 heavy (non-hydrogen) atoms. The molecule has 1 unspecified atom stereocenters. The molecule has 0 N–H and O–H groups in total. The second-order valence-electron chi connectivity index (χ2n) is 5.42. The third-order valence-corrected chi connectivity index (χ3v) is 3.87. The number of hydrogen-bond acceptors (Lipinski definition) is 3. The summed E-state index contributed by atoms with van der Waals surface area (Å²) in [7, 11) is 0. The van der Waals surface area contributed by atoms with Crippen molar-refractivity contribution in [2.45, 2.75) is 26.2 Å². The van der Waals surface area contributed by atoms with Crippen LogP contribution in [0.25, 0.3) is 11.0 Å². The summed E-state index contributed by atoms with van der Waals surface area (Å²) in [4.78, 5) is 10.6. The second-order valence-corrected chi connectivity index (χ2v) is 5.42. The summed E-state index contributed by atoms with van der Waals surface area (Å²) in [6.45, 7) is 4.11. The lowest BCUT2D eigenvalue weighted by Gasteiger charge is -2.33. The van der Waals surface area contributed by atoms with Gasteiger partial charge in [0, 0.05) is 31.0 Å². The fourth-order valence-electron chi connectivity index (χ4n) is 2.90. The minimum atomic E-state index is -2.52. The summed E-state index contributed by atoms with van der Waals surface area (Å²) >= 11 is 0. The van der Waals surface area contributed by atoms with Crippen molar-refractivity contribution in [2.24, 2.45) is 5.92 Å². The molecule has 0 bridgehead atoms. The van der Waals surface area contributed by atoms with Gasteiger partial charge >= 0.3 is 0 Å². The number of anilines is 1. The number of rotatable bonds is 2. The minimum absolute atomic E-state index is 0.0399. The van der Waals surface area contributed by atoms with E-state index in [9.17, 15) is 8.78 Å². The topological polar surface area (TPSA) is 29.0 Å². The summed E-state index contributed by atoms with van der Waals surface area (Å²) < 4.78 is 26.1. The van der Waals surface area contributed by atoms with Crippen molar-refractivity contribution in [2.75, 3.05) is 18.0 Å². The van der Waals surface area contributed by atoms with Crippen LogP contribution in [0.2, 0.25) is 0 Å². The second kappa shape index (κ2) is 5.31. The van der Waals surface area contributed by atoms with Gasteiger partial charge in [0.25, 0.3) is 6.43 Å². The van der Waals surface area contributed by atoms with E-state index in [1.54, 1.807) is 12.3 Å². The van der Waals surface area contributed by atoms with E-state index in [0.717, 1.165) is 25.2 Å². The largest absolute Gasteiger partial charge is 0.369 e. The van der Waals surface area contributed by atoms with E-state index in [2.05, 4.69) is 21.8 Å². The van der Waals surface area contributed by atoms with Crippen molar-refractivity contribution in [3.8, 4) is 0 Å². The maximum Gasteiger partial charge on any atom is 0.266 e. The third-order valence-electron chi connectivity index (χ3n) is 3.87. The van der Waals surface area contributed by atoms with Crippen molar-refractivity contribution in [1.82, 2.24) is 9.97 Å². The summed E-state index contributed by atoms with van der Waals surface area (Å²) in [5.41, 5.74) is 1.78. The molecule has 2 heterocycles. The molecule has 1 atom stereocenters. The van der Waals surface area contributed by atoms with Gasteiger partial charge in [-0.3, -0.25) is 9.97 Å². The van der Waals surface area contributed by atoms with Gasteiger partial charge in [0.1, 0.15) is 5.52 Å². The van der Waals surface area contributed by atoms with E-state index in [1.165, 1.54) is 18.7 Å². The minimum Gasteiger partial charge on any atom is -0.369 e. The molecular formula is C15H17F2N3. The lowest BCUT2D eigenvalue weighted by Crippen LogP contribution is -2.34. The molecule has 0 spiro atoms. The highest BCUT2D eigenvalue weighted by molar-refractivity contribution is 5.90. The quantitative estimate of drug-likeness (QED) is 0.836. The molecule has 1 aliphatic heterocycles. The van der Waals surface area contributed by atoms with E-state index in [-0.39, 0.29) is 5.56 Å². The summed E-state index contributed by atoms with van der Waals surface area (Å²) in [6.07, 6.45) is 2.85. The lowest BCUT2D eigenvalue weighted by molar-refractivity contribution is 0.153. The molecule has 0 radical (unpaired) electrons. The highest BCUT2D eigenvalue weighted by atomic mass is 19.3. The molecule has 1 aliphatic rings. The van der Waals surface area contributed by atoms with Crippen LogP contribution in [-0.4, -0.2) is 23.1 Å². The number of aromatic nitrogens is 2. The van der Waals surface area contributed by atoms with Gasteiger partial charge in [0.2, 0.25) is 0 Å². The average Bonchev–Trinajstić information content (AvgIpc) is 2.46. The van der Waals surface area contributed by atoms with Crippen molar-refractivity contribution in [1.29, 1.82) is 0 Å². The van der Waals surface area contributed by atoms with Gasteiger partial charge < -0.3 is 4.90 Å². The first-order chi connectivity index (χ1) is 9.66.